The van der Waals surface area contributed by atoms with E-state index in [1.165, 1.54) is 10.8 Å². The molecule has 0 radical (unpaired) electrons. The lowest BCUT2D eigenvalue weighted by Crippen LogP contribution is -2.46. The van der Waals surface area contributed by atoms with Gasteiger partial charge in [0, 0.05) is 44.0 Å². The Balaban J connectivity index is 1.49. The van der Waals surface area contributed by atoms with Crippen molar-refractivity contribution in [3.05, 3.63) is 51.8 Å². The quantitative estimate of drug-likeness (QED) is 0.478. The van der Waals surface area contributed by atoms with Crippen LogP contribution in [0.1, 0.15) is 35.2 Å². The number of rotatable bonds is 7. The van der Waals surface area contributed by atoms with Gasteiger partial charge in [0.2, 0.25) is 11.4 Å². The van der Waals surface area contributed by atoms with Gasteiger partial charge in [0.05, 0.1) is 11.8 Å². The third kappa shape index (κ3) is 4.67. The van der Waals surface area contributed by atoms with Gasteiger partial charge in [-0.3, -0.25) is 9.59 Å². The van der Waals surface area contributed by atoms with E-state index >= 15 is 0 Å². The highest BCUT2D eigenvalue weighted by atomic mass is 19.4. The molecule has 0 bridgehead atoms. The Bertz CT molecular complexity index is 1280. The van der Waals surface area contributed by atoms with E-state index in [0.29, 0.717) is 25.3 Å². The zero-order valence-corrected chi connectivity index (χ0v) is 18.4. The van der Waals surface area contributed by atoms with Gasteiger partial charge >= 0.3 is 6.18 Å². The molecule has 34 heavy (non-hydrogen) atoms. The van der Waals surface area contributed by atoms with Crippen LogP contribution in [0.3, 0.4) is 0 Å². The van der Waals surface area contributed by atoms with Crippen molar-refractivity contribution in [3.8, 4) is 0 Å². The average Bonchev–Trinajstić information content (AvgIpc) is 2.73. The number of hydrogen-bond acceptors (Lipinski definition) is 7. The van der Waals surface area contributed by atoms with Crippen molar-refractivity contribution >= 4 is 34.4 Å². The van der Waals surface area contributed by atoms with Crippen molar-refractivity contribution < 1.29 is 18.0 Å². The molecule has 12 heteroatoms. The number of primary amides is 1. The third-order valence-electron chi connectivity index (χ3n) is 5.91. The maximum atomic E-state index is 12.6. The second-order valence-electron chi connectivity index (χ2n) is 8.20. The Morgan fingerprint density at radius 1 is 1.24 bits per heavy atom. The topological polar surface area (TPSA) is 132 Å². The van der Waals surface area contributed by atoms with Crippen molar-refractivity contribution in [1.82, 2.24) is 19.4 Å². The number of nitrogen functional groups attached to an aromatic ring is 1. The number of pyridine rings is 1. The van der Waals surface area contributed by atoms with Gasteiger partial charge in [-0.05, 0) is 24.6 Å². The zero-order valence-electron chi connectivity index (χ0n) is 18.4. The molecule has 1 aromatic carbocycles. The molecule has 9 nitrogen and oxygen atoms in total. The maximum absolute atomic E-state index is 12.6. The van der Waals surface area contributed by atoms with Gasteiger partial charge in [-0.25, -0.2) is 4.98 Å². The highest BCUT2D eigenvalue weighted by Crippen LogP contribution is 2.30. The second kappa shape index (κ2) is 8.93. The van der Waals surface area contributed by atoms with Crippen LogP contribution < -0.4 is 22.2 Å². The number of halogens is 3. The summed E-state index contributed by atoms with van der Waals surface area (Å²) in [7, 11) is 0. The molecule has 4 rings (SSSR count). The maximum Gasteiger partial charge on any atom is 0.390 e. The number of carbonyl (C=O) groups is 1. The fraction of sp³-hybridized carbons (Fsp3) is 0.364. The number of alkyl halides is 3. The van der Waals surface area contributed by atoms with Crippen molar-refractivity contribution in [2.75, 3.05) is 30.7 Å². The standard InChI is InChI=1S/C22H24F3N7O2/c1-2-32-18(26)16(19(27)34)17(33)15-9-28-21(30-20(15)32)29-14-5-3-12(4-6-14)13-10-31(11-13)8-7-22(23,24)25/h3-6,9,13H,2,7-8,10-11,26H2,1H3,(H2,27,34)(H,28,29,30). The Labute approximate surface area is 192 Å². The molecule has 1 amide bonds. The molecular weight excluding hydrogens is 451 g/mol. The molecule has 3 heterocycles. The van der Waals surface area contributed by atoms with E-state index in [2.05, 4.69) is 15.3 Å². The van der Waals surface area contributed by atoms with Crippen LogP contribution in [0.5, 0.6) is 0 Å². The summed E-state index contributed by atoms with van der Waals surface area (Å²) in [5, 5.41) is 3.20. The number of amides is 1. The number of nitrogens with two attached hydrogens (primary N) is 2. The number of hydrogen-bond donors (Lipinski definition) is 3. The highest BCUT2D eigenvalue weighted by molar-refractivity contribution is 6.00. The number of carbonyl (C=O) groups excluding carboxylic acids is 1. The van der Waals surface area contributed by atoms with E-state index < -0.39 is 23.9 Å². The largest absolute Gasteiger partial charge is 0.390 e. The number of aryl methyl sites for hydroxylation is 1. The Morgan fingerprint density at radius 3 is 2.50 bits per heavy atom. The van der Waals surface area contributed by atoms with E-state index in [1.54, 1.807) is 11.8 Å². The lowest BCUT2D eigenvalue weighted by molar-refractivity contribution is -0.140. The van der Waals surface area contributed by atoms with Gasteiger partial charge < -0.3 is 26.3 Å². The third-order valence-corrected chi connectivity index (χ3v) is 5.91. The zero-order chi connectivity index (χ0) is 24.6. The van der Waals surface area contributed by atoms with E-state index in [9.17, 15) is 22.8 Å². The van der Waals surface area contributed by atoms with Gasteiger partial charge in [-0.15, -0.1) is 0 Å². The van der Waals surface area contributed by atoms with Crippen molar-refractivity contribution in [2.24, 2.45) is 5.73 Å². The molecule has 2 aromatic heterocycles. The summed E-state index contributed by atoms with van der Waals surface area (Å²) in [5.74, 6) is -0.536. The lowest BCUT2D eigenvalue weighted by Gasteiger charge is -2.39. The van der Waals surface area contributed by atoms with E-state index in [-0.39, 0.29) is 40.8 Å². The number of nitrogens with one attached hydrogen (secondary N) is 1. The normalized spacial score (nSPS) is 14.8. The molecule has 1 fully saturated rings. The Hall–Kier alpha value is -3.67. The molecule has 0 aliphatic carbocycles. The number of likely N-dealkylation sites (tertiary alicyclic amines) is 1. The van der Waals surface area contributed by atoms with Gasteiger partial charge in [-0.1, -0.05) is 12.1 Å². The number of aromatic nitrogens is 3. The molecule has 0 saturated carbocycles. The fourth-order valence-electron chi connectivity index (χ4n) is 4.07. The van der Waals surface area contributed by atoms with Crippen LogP contribution in [0.2, 0.25) is 0 Å². The van der Waals surface area contributed by atoms with Crippen LogP contribution in [0.4, 0.5) is 30.6 Å². The van der Waals surface area contributed by atoms with Gasteiger partial charge in [-0.2, -0.15) is 18.2 Å². The van der Waals surface area contributed by atoms with Crippen LogP contribution in [-0.4, -0.2) is 51.2 Å². The van der Waals surface area contributed by atoms with E-state index in [1.807, 2.05) is 24.3 Å². The molecule has 1 saturated heterocycles. The molecular formula is C22H24F3N7O2. The number of nitrogens with zero attached hydrogens (tertiary/aromatic N) is 4. The summed E-state index contributed by atoms with van der Waals surface area (Å²) in [6.45, 7) is 3.37. The molecule has 0 spiro atoms. The van der Waals surface area contributed by atoms with Crippen LogP contribution in [0, 0.1) is 0 Å². The van der Waals surface area contributed by atoms with Crippen LogP contribution >= 0.6 is 0 Å². The lowest BCUT2D eigenvalue weighted by atomic mass is 9.91. The SMILES string of the molecule is CCn1c(N)c(C(N)=O)c(=O)c2cnc(Nc3ccc(C4CN(CCC(F)(F)F)C4)cc3)nc21. The first-order valence-electron chi connectivity index (χ1n) is 10.7. The number of anilines is 3. The number of benzene rings is 1. The van der Waals surface area contributed by atoms with Crippen molar-refractivity contribution in [1.29, 1.82) is 0 Å². The Kier molecular flexibility index (Phi) is 6.17. The average molecular weight is 475 g/mol. The fourth-order valence-corrected chi connectivity index (χ4v) is 4.07. The molecule has 180 valence electrons. The monoisotopic (exact) mass is 475 g/mol. The van der Waals surface area contributed by atoms with E-state index in [0.717, 1.165) is 5.56 Å². The summed E-state index contributed by atoms with van der Waals surface area (Å²) in [6.07, 6.45) is -3.61. The van der Waals surface area contributed by atoms with Gasteiger partial charge in [0.1, 0.15) is 11.4 Å². The first-order valence-corrected chi connectivity index (χ1v) is 10.7. The van der Waals surface area contributed by atoms with Crippen molar-refractivity contribution in [2.45, 2.75) is 32.0 Å². The predicted octanol–water partition coefficient (Wildman–Crippen LogP) is 2.59. The summed E-state index contributed by atoms with van der Waals surface area (Å²) in [6, 6.07) is 7.49. The smallest absolute Gasteiger partial charge is 0.384 e. The molecule has 0 unspecified atom stereocenters. The predicted molar refractivity (Wildman–Crippen MR) is 122 cm³/mol. The minimum absolute atomic E-state index is 0.0211. The van der Waals surface area contributed by atoms with Gasteiger partial charge in [0.25, 0.3) is 5.91 Å². The highest BCUT2D eigenvalue weighted by Gasteiger charge is 2.33. The summed E-state index contributed by atoms with van der Waals surface area (Å²) >= 11 is 0. The summed E-state index contributed by atoms with van der Waals surface area (Å²) in [5.41, 5.74) is 12.4. The summed E-state index contributed by atoms with van der Waals surface area (Å²) < 4.78 is 38.6. The molecule has 1 aliphatic rings. The first kappa shape index (κ1) is 23.5. The number of fused-ring (bicyclic) bond motifs is 1. The minimum atomic E-state index is -4.13. The summed E-state index contributed by atoms with van der Waals surface area (Å²) in [4.78, 5) is 34.7. The molecule has 5 N–H and O–H groups in total. The first-order chi connectivity index (χ1) is 16.1. The van der Waals surface area contributed by atoms with Crippen LogP contribution in [0.15, 0.2) is 35.3 Å². The van der Waals surface area contributed by atoms with Crippen molar-refractivity contribution in [3.63, 3.8) is 0 Å². The Morgan fingerprint density at radius 2 is 1.91 bits per heavy atom. The van der Waals surface area contributed by atoms with E-state index in [4.69, 9.17) is 11.5 Å². The molecule has 3 aromatic rings. The molecule has 0 atom stereocenters. The second-order valence-corrected chi connectivity index (χ2v) is 8.20. The van der Waals surface area contributed by atoms with Gasteiger partial charge in [0.15, 0.2) is 5.65 Å². The van der Waals surface area contributed by atoms with Crippen LogP contribution in [0.25, 0.3) is 11.0 Å². The van der Waals surface area contributed by atoms with Crippen LogP contribution in [-0.2, 0) is 6.54 Å². The molecule has 1 aliphatic heterocycles. The minimum Gasteiger partial charge on any atom is -0.384 e.